The van der Waals surface area contributed by atoms with Gasteiger partial charge in [0.25, 0.3) is 0 Å². The molecule has 0 bridgehead atoms. The van der Waals surface area contributed by atoms with Gasteiger partial charge in [-0.3, -0.25) is 4.90 Å². The van der Waals surface area contributed by atoms with Crippen LogP contribution in [0, 0.1) is 6.92 Å². The van der Waals surface area contributed by atoms with Crippen LogP contribution in [0.2, 0.25) is 0 Å². The van der Waals surface area contributed by atoms with Crippen LogP contribution in [0.5, 0.6) is 0 Å². The van der Waals surface area contributed by atoms with Crippen LogP contribution in [-0.4, -0.2) is 69.8 Å². The van der Waals surface area contributed by atoms with Crippen molar-refractivity contribution in [1.29, 1.82) is 0 Å². The lowest BCUT2D eigenvalue weighted by atomic mass is 10.2. The Labute approximate surface area is 138 Å². The van der Waals surface area contributed by atoms with Gasteiger partial charge >= 0.3 is 0 Å². The fourth-order valence-electron chi connectivity index (χ4n) is 3.30. The highest BCUT2D eigenvalue weighted by Gasteiger charge is 2.36. The van der Waals surface area contributed by atoms with Gasteiger partial charge in [-0.05, 0) is 31.0 Å². The second-order valence-electron chi connectivity index (χ2n) is 6.31. The number of benzene rings is 1. The summed E-state index contributed by atoms with van der Waals surface area (Å²) in [4.78, 5) is 2.45. The van der Waals surface area contributed by atoms with Crippen LogP contribution in [0.15, 0.2) is 29.2 Å². The van der Waals surface area contributed by atoms with Gasteiger partial charge in [0.2, 0.25) is 10.0 Å². The predicted octanol–water partition coefficient (Wildman–Crippen LogP) is 0.488. The van der Waals surface area contributed by atoms with E-state index in [1.807, 2.05) is 13.0 Å². The molecule has 23 heavy (non-hydrogen) atoms. The number of piperazine rings is 1. The largest absolute Gasteiger partial charge is 0.297 e. The number of sulfone groups is 1. The lowest BCUT2D eigenvalue weighted by molar-refractivity contribution is 0.148. The van der Waals surface area contributed by atoms with E-state index in [1.165, 1.54) is 4.31 Å². The first kappa shape index (κ1) is 16.9. The Balaban J connectivity index is 1.67. The van der Waals surface area contributed by atoms with E-state index >= 15 is 0 Å². The molecule has 2 aliphatic heterocycles. The first-order valence-electron chi connectivity index (χ1n) is 7.79. The highest BCUT2D eigenvalue weighted by Crippen LogP contribution is 2.22. The highest BCUT2D eigenvalue weighted by molar-refractivity contribution is 7.91. The molecule has 2 aliphatic rings. The molecule has 0 saturated carbocycles. The molecule has 0 N–H and O–H groups in total. The van der Waals surface area contributed by atoms with Crippen LogP contribution in [0.25, 0.3) is 0 Å². The van der Waals surface area contributed by atoms with E-state index in [1.54, 1.807) is 18.2 Å². The van der Waals surface area contributed by atoms with Gasteiger partial charge in [-0.25, -0.2) is 16.8 Å². The number of nitrogens with zero attached hydrogens (tertiary/aromatic N) is 2. The maximum atomic E-state index is 12.7. The third kappa shape index (κ3) is 3.60. The lowest BCUT2D eigenvalue weighted by Gasteiger charge is -2.36. The lowest BCUT2D eigenvalue weighted by Crippen LogP contribution is -2.52. The van der Waals surface area contributed by atoms with Crippen molar-refractivity contribution in [2.45, 2.75) is 24.3 Å². The molecule has 128 valence electrons. The number of hydrogen-bond acceptors (Lipinski definition) is 5. The van der Waals surface area contributed by atoms with Crippen molar-refractivity contribution < 1.29 is 16.8 Å². The van der Waals surface area contributed by atoms with Crippen LogP contribution < -0.4 is 0 Å². The van der Waals surface area contributed by atoms with Crippen LogP contribution in [0.3, 0.4) is 0 Å². The predicted molar refractivity (Wildman–Crippen MR) is 88.6 cm³/mol. The van der Waals surface area contributed by atoms with Crippen molar-refractivity contribution in [2.75, 3.05) is 37.7 Å². The third-order valence-corrected chi connectivity index (χ3v) is 8.27. The summed E-state index contributed by atoms with van der Waals surface area (Å²) in [5.74, 6) is 0.455. The summed E-state index contributed by atoms with van der Waals surface area (Å²) >= 11 is 0. The van der Waals surface area contributed by atoms with E-state index in [2.05, 4.69) is 4.90 Å². The van der Waals surface area contributed by atoms with Gasteiger partial charge in [0.1, 0.15) is 0 Å². The van der Waals surface area contributed by atoms with Gasteiger partial charge in [0, 0.05) is 32.2 Å². The summed E-state index contributed by atoms with van der Waals surface area (Å²) in [5.41, 5.74) is 0.917. The van der Waals surface area contributed by atoms with Crippen molar-refractivity contribution >= 4 is 19.9 Å². The van der Waals surface area contributed by atoms with Crippen molar-refractivity contribution in [3.8, 4) is 0 Å². The van der Waals surface area contributed by atoms with Crippen LogP contribution >= 0.6 is 0 Å². The van der Waals surface area contributed by atoms with Crippen LogP contribution in [-0.2, 0) is 19.9 Å². The molecule has 0 spiro atoms. The zero-order valence-electron chi connectivity index (χ0n) is 13.2. The zero-order chi connectivity index (χ0) is 16.7. The Morgan fingerprint density at radius 3 is 2.39 bits per heavy atom. The fraction of sp³-hybridized carbons (Fsp3) is 0.600. The minimum Gasteiger partial charge on any atom is -0.297 e. The van der Waals surface area contributed by atoms with Gasteiger partial charge in [0.15, 0.2) is 9.84 Å². The monoisotopic (exact) mass is 358 g/mol. The Kier molecular flexibility index (Phi) is 4.52. The standard InChI is InChI=1S/C15H22N2O4S2/c1-13-3-2-4-15(11-13)23(20,21)17-8-6-16(7-9-17)14-5-10-22(18,19)12-14/h2-4,11,14H,5-10,12H2,1H3. The summed E-state index contributed by atoms with van der Waals surface area (Å²) in [5, 5.41) is 0. The molecular weight excluding hydrogens is 336 g/mol. The molecule has 3 rings (SSSR count). The topological polar surface area (TPSA) is 74.8 Å². The maximum Gasteiger partial charge on any atom is 0.243 e. The Morgan fingerprint density at radius 1 is 1.13 bits per heavy atom. The number of rotatable bonds is 3. The number of aryl methyl sites for hydroxylation is 1. The third-order valence-electron chi connectivity index (χ3n) is 4.63. The van der Waals surface area contributed by atoms with Gasteiger partial charge in [-0.15, -0.1) is 0 Å². The van der Waals surface area contributed by atoms with Crippen molar-refractivity contribution in [3.63, 3.8) is 0 Å². The highest BCUT2D eigenvalue weighted by atomic mass is 32.2. The molecule has 1 atom stereocenters. The second kappa shape index (κ2) is 6.16. The van der Waals surface area contributed by atoms with Crippen LogP contribution in [0.4, 0.5) is 0 Å². The molecule has 8 heteroatoms. The second-order valence-corrected chi connectivity index (χ2v) is 10.5. The molecule has 0 radical (unpaired) electrons. The van der Waals surface area contributed by atoms with E-state index in [0.717, 1.165) is 5.56 Å². The molecule has 1 aromatic carbocycles. The SMILES string of the molecule is Cc1cccc(S(=O)(=O)N2CCN(C3CCS(=O)(=O)C3)CC2)c1. The number of hydrogen-bond donors (Lipinski definition) is 0. The van der Waals surface area contributed by atoms with Crippen molar-refractivity contribution in [3.05, 3.63) is 29.8 Å². The van der Waals surface area contributed by atoms with Gasteiger partial charge in [0.05, 0.1) is 16.4 Å². The van der Waals surface area contributed by atoms with E-state index in [9.17, 15) is 16.8 Å². The Bertz CT molecular complexity index is 781. The molecule has 1 aromatic rings. The zero-order valence-corrected chi connectivity index (χ0v) is 14.8. The Hall–Kier alpha value is -0.960. The molecule has 0 aliphatic carbocycles. The summed E-state index contributed by atoms with van der Waals surface area (Å²) < 4.78 is 50.0. The Morgan fingerprint density at radius 2 is 1.83 bits per heavy atom. The average molecular weight is 358 g/mol. The van der Waals surface area contributed by atoms with E-state index < -0.39 is 19.9 Å². The van der Waals surface area contributed by atoms with E-state index in [4.69, 9.17) is 0 Å². The number of sulfonamides is 1. The first-order chi connectivity index (χ1) is 10.8. The van der Waals surface area contributed by atoms with Crippen molar-refractivity contribution in [1.82, 2.24) is 9.21 Å². The van der Waals surface area contributed by atoms with Crippen molar-refractivity contribution in [2.24, 2.45) is 0 Å². The summed E-state index contributed by atoms with van der Waals surface area (Å²) in [6.07, 6.45) is 0.660. The van der Waals surface area contributed by atoms with E-state index in [-0.39, 0.29) is 17.5 Å². The first-order valence-corrected chi connectivity index (χ1v) is 11.1. The molecule has 0 amide bonds. The quantitative estimate of drug-likeness (QED) is 0.786. The molecule has 0 aromatic heterocycles. The fourth-order valence-corrected chi connectivity index (χ4v) is 6.59. The smallest absolute Gasteiger partial charge is 0.243 e. The molecule has 1 unspecified atom stereocenters. The average Bonchev–Trinajstić information content (AvgIpc) is 2.87. The summed E-state index contributed by atoms with van der Waals surface area (Å²) in [6, 6.07) is 6.98. The molecule has 2 heterocycles. The van der Waals surface area contributed by atoms with Gasteiger partial charge in [-0.1, -0.05) is 12.1 Å². The van der Waals surface area contributed by atoms with Crippen LogP contribution in [0.1, 0.15) is 12.0 Å². The molecule has 6 nitrogen and oxygen atoms in total. The van der Waals surface area contributed by atoms with Gasteiger partial charge in [-0.2, -0.15) is 4.31 Å². The van der Waals surface area contributed by atoms with E-state index in [0.29, 0.717) is 37.5 Å². The minimum absolute atomic E-state index is 0.0452. The normalized spacial score (nSPS) is 26.4. The molecule has 2 saturated heterocycles. The summed E-state index contributed by atoms with van der Waals surface area (Å²) in [7, 11) is -6.37. The summed E-state index contributed by atoms with van der Waals surface area (Å²) in [6.45, 7) is 3.87. The minimum atomic E-state index is -3.47. The molecule has 2 fully saturated rings. The van der Waals surface area contributed by atoms with Gasteiger partial charge < -0.3 is 0 Å². The molecular formula is C15H22N2O4S2. The maximum absolute atomic E-state index is 12.7.